The molecule has 1 amide bonds. The van der Waals surface area contributed by atoms with Crippen LogP contribution in [-0.4, -0.2) is 29.3 Å². The largest absolute Gasteiger partial charge is 0.503 e. The second kappa shape index (κ2) is 5.53. The van der Waals surface area contributed by atoms with Crippen molar-refractivity contribution in [1.29, 1.82) is 0 Å². The number of phenolic OH excluding ortho intramolecular Hbond substituents is 1. The fourth-order valence-corrected chi connectivity index (χ4v) is 1.13. The van der Waals surface area contributed by atoms with Gasteiger partial charge in [0, 0.05) is 13.2 Å². The molecule has 0 aromatic heterocycles. The van der Waals surface area contributed by atoms with Gasteiger partial charge in [-0.25, -0.2) is 8.78 Å². The van der Waals surface area contributed by atoms with Crippen LogP contribution in [0.4, 0.5) is 13.2 Å². The molecule has 17 heavy (non-hydrogen) atoms. The standard InChI is InChI=1S/C10H10F3NO3/c11-6-4-5(7(12)9(16)8(6)13)10(17)14-2-1-3-15/h4,15-16H,1-3H2,(H,14,17). The van der Waals surface area contributed by atoms with Crippen LogP contribution in [-0.2, 0) is 0 Å². The van der Waals surface area contributed by atoms with Crippen molar-refractivity contribution in [3.05, 3.63) is 29.1 Å². The van der Waals surface area contributed by atoms with Gasteiger partial charge >= 0.3 is 0 Å². The molecule has 0 aliphatic heterocycles. The first kappa shape index (κ1) is 13.3. The Morgan fingerprint density at radius 1 is 1.29 bits per heavy atom. The van der Waals surface area contributed by atoms with E-state index in [1.807, 2.05) is 0 Å². The average molecular weight is 249 g/mol. The Morgan fingerprint density at radius 3 is 2.53 bits per heavy atom. The van der Waals surface area contributed by atoms with E-state index in [4.69, 9.17) is 10.2 Å². The van der Waals surface area contributed by atoms with Gasteiger partial charge in [-0.2, -0.15) is 4.39 Å². The molecule has 3 N–H and O–H groups in total. The molecule has 4 nitrogen and oxygen atoms in total. The third-order valence-electron chi connectivity index (χ3n) is 2.00. The van der Waals surface area contributed by atoms with Crippen molar-refractivity contribution in [2.45, 2.75) is 6.42 Å². The van der Waals surface area contributed by atoms with Gasteiger partial charge in [0.15, 0.2) is 17.4 Å². The summed E-state index contributed by atoms with van der Waals surface area (Å²) in [7, 11) is 0. The van der Waals surface area contributed by atoms with Gasteiger partial charge in [-0.3, -0.25) is 4.79 Å². The van der Waals surface area contributed by atoms with Crippen LogP contribution < -0.4 is 5.32 Å². The summed E-state index contributed by atoms with van der Waals surface area (Å²) in [6.07, 6.45) is 0.239. The van der Waals surface area contributed by atoms with E-state index in [2.05, 4.69) is 5.32 Å². The number of rotatable bonds is 4. The highest BCUT2D eigenvalue weighted by Gasteiger charge is 2.22. The first-order valence-electron chi connectivity index (χ1n) is 4.74. The molecule has 0 heterocycles. The highest BCUT2D eigenvalue weighted by atomic mass is 19.2. The number of aliphatic hydroxyl groups is 1. The highest BCUT2D eigenvalue weighted by Crippen LogP contribution is 2.25. The number of aliphatic hydroxyl groups excluding tert-OH is 1. The second-order valence-corrected chi connectivity index (χ2v) is 3.22. The van der Waals surface area contributed by atoms with Crippen LogP contribution in [0.5, 0.6) is 5.75 Å². The van der Waals surface area contributed by atoms with Gasteiger partial charge < -0.3 is 15.5 Å². The van der Waals surface area contributed by atoms with Gasteiger partial charge in [0.25, 0.3) is 5.91 Å². The number of halogens is 3. The van der Waals surface area contributed by atoms with Crippen molar-refractivity contribution in [2.75, 3.05) is 13.2 Å². The number of hydrogen-bond donors (Lipinski definition) is 3. The summed E-state index contributed by atoms with van der Waals surface area (Å²) in [5, 5.41) is 19.5. The average Bonchev–Trinajstić information content (AvgIpc) is 2.31. The smallest absolute Gasteiger partial charge is 0.254 e. The molecular formula is C10H10F3NO3. The lowest BCUT2D eigenvalue weighted by Gasteiger charge is -2.07. The van der Waals surface area contributed by atoms with Gasteiger partial charge in [-0.05, 0) is 12.5 Å². The molecule has 0 bridgehead atoms. The number of hydrogen-bond acceptors (Lipinski definition) is 3. The Hall–Kier alpha value is -1.76. The highest BCUT2D eigenvalue weighted by molar-refractivity contribution is 5.94. The van der Waals surface area contributed by atoms with E-state index in [0.29, 0.717) is 6.07 Å². The van der Waals surface area contributed by atoms with Gasteiger partial charge in [-0.15, -0.1) is 0 Å². The monoisotopic (exact) mass is 249 g/mol. The molecule has 0 saturated heterocycles. The fourth-order valence-electron chi connectivity index (χ4n) is 1.13. The molecule has 0 spiro atoms. The summed E-state index contributed by atoms with van der Waals surface area (Å²) in [6, 6.07) is 0.360. The van der Waals surface area contributed by atoms with E-state index in [9.17, 15) is 18.0 Å². The predicted molar refractivity (Wildman–Crippen MR) is 52.0 cm³/mol. The van der Waals surface area contributed by atoms with E-state index in [0.717, 1.165) is 0 Å². The lowest BCUT2D eigenvalue weighted by molar-refractivity contribution is 0.0945. The van der Waals surface area contributed by atoms with Crippen LogP contribution in [0.25, 0.3) is 0 Å². The van der Waals surface area contributed by atoms with Gasteiger partial charge in [0.05, 0.1) is 5.56 Å². The molecule has 1 aromatic carbocycles. The normalized spacial score (nSPS) is 10.4. The zero-order valence-corrected chi connectivity index (χ0v) is 8.64. The molecule has 0 fully saturated rings. The van der Waals surface area contributed by atoms with Crippen LogP contribution in [0.2, 0.25) is 0 Å². The molecule has 0 radical (unpaired) electrons. The summed E-state index contributed by atoms with van der Waals surface area (Å²) >= 11 is 0. The maximum absolute atomic E-state index is 13.2. The lowest BCUT2D eigenvalue weighted by Crippen LogP contribution is -2.26. The van der Waals surface area contributed by atoms with Crippen LogP contribution >= 0.6 is 0 Å². The molecule has 7 heteroatoms. The van der Waals surface area contributed by atoms with Crippen LogP contribution in [0, 0.1) is 17.5 Å². The van der Waals surface area contributed by atoms with E-state index >= 15 is 0 Å². The molecule has 0 aliphatic rings. The zero-order chi connectivity index (χ0) is 13.0. The van der Waals surface area contributed by atoms with Crippen molar-refractivity contribution in [2.24, 2.45) is 0 Å². The number of phenols is 1. The fraction of sp³-hybridized carbons (Fsp3) is 0.300. The molecule has 0 aliphatic carbocycles. The van der Waals surface area contributed by atoms with Crippen molar-refractivity contribution in [1.82, 2.24) is 5.32 Å². The minimum Gasteiger partial charge on any atom is -0.503 e. The number of nitrogens with one attached hydrogen (secondary N) is 1. The Balaban J connectivity index is 2.94. The van der Waals surface area contributed by atoms with E-state index in [-0.39, 0.29) is 19.6 Å². The summed E-state index contributed by atoms with van der Waals surface area (Å²) in [6.45, 7) is -0.125. The van der Waals surface area contributed by atoms with E-state index in [1.54, 1.807) is 0 Å². The minimum absolute atomic E-state index is 0.0501. The first-order chi connectivity index (χ1) is 7.99. The van der Waals surface area contributed by atoms with Gasteiger partial charge in [-0.1, -0.05) is 0 Å². The lowest BCUT2D eigenvalue weighted by atomic mass is 10.1. The van der Waals surface area contributed by atoms with Crippen LogP contribution in [0.3, 0.4) is 0 Å². The van der Waals surface area contributed by atoms with Crippen LogP contribution in [0.15, 0.2) is 6.07 Å². The van der Waals surface area contributed by atoms with Gasteiger partial charge in [0.2, 0.25) is 5.82 Å². The second-order valence-electron chi connectivity index (χ2n) is 3.22. The van der Waals surface area contributed by atoms with E-state index < -0.39 is 34.7 Å². The molecular weight excluding hydrogens is 239 g/mol. The number of benzene rings is 1. The molecule has 1 aromatic rings. The number of carbonyl (C=O) groups is 1. The molecule has 0 unspecified atom stereocenters. The maximum Gasteiger partial charge on any atom is 0.254 e. The summed E-state index contributed by atoms with van der Waals surface area (Å²) < 4.78 is 38.8. The Bertz CT molecular complexity index is 437. The number of aromatic hydroxyl groups is 1. The quantitative estimate of drug-likeness (QED) is 0.549. The molecule has 0 atom stereocenters. The minimum atomic E-state index is -1.74. The summed E-state index contributed by atoms with van der Waals surface area (Å²) in [5.41, 5.74) is -0.792. The Morgan fingerprint density at radius 2 is 1.94 bits per heavy atom. The first-order valence-corrected chi connectivity index (χ1v) is 4.74. The number of amides is 1. The third kappa shape index (κ3) is 2.88. The summed E-state index contributed by atoms with van der Waals surface area (Å²) in [4.78, 5) is 11.3. The molecule has 1 rings (SSSR count). The maximum atomic E-state index is 13.2. The zero-order valence-electron chi connectivity index (χ0n) is 8.64. The summed E-state index contributed by atoms with van der Waals surface area (Å²) in [5.74, 6) is -7.31. The van der Waals surface area contributed by atoms with Crippen molar-refractivity contribution in [3.8, 4) is 5.75 Å². The molecule has 0 saturated carbocycles. The Kier molecular flexibility index (Phi) is 4.33. The van der Waals surface area contributed by atoms with Crippen molar-refractivity contribution in [3.63, 3.8) is 0 Å². The van der Waals surface area contributed by atoms with Gasteiger partial charge in [0.1, 0.15) is 0 Å². The van der Waals surface area contributed by atoms with Crippen LogP contribution in [0.1, 0.15) is 16.8 Å². The van der Waals surface area contributed by atoms with Crippen molar-refractivity contribution >= 4 is 5.91 Å². The molecule has 94 valence electrons. The Labute approximate surface area is 94.7 Å². The topological polar surface area (TPSA) is 69.6 Å². The van der Waals surface area contributed by atoms with E-state index in [1.165, 1.54) is 0 Å². The van der Waals surface area contributed by atoms with Crippen molar-refractivity contribution < 1.29 is 28.2 Å². The predicted octanol–water partition coefficient (Wildman–Crippen LogP) is 0.922. The number of carbonyl (C=O) groups excluding carboxylic acids is 1. The third-order valence-corrected chi connectivity index (χ3v) is 2.00. The SMILES string of the molecule is O=C(NCCCO)c1cc(F)c(F)c(O)c1F.